The Labute approximate surface area is 132 Å². The van der Waals surface area contributed by atoms with E-state index in [4.69, 9.17) is 4.74 Å². The van der Waals surface area contributed by atoms with Crippen LogP contribution in [0.3, 0.4) is 0 Å². The number of halogens is 1. The Balaban J connectivity index is 2.17. The highest BCUT2D eigenvalue weighted by Gasteiger charge is 2.17. The standard InChI is InChI=1S/C11H10BrN3O3S2/c1-18-5-4-10-13-11(20-14-10)19-9-3-2-7(12)6-8(9)15(16)17/h2-3,6H,4-5H2,1H3. The van der Waals surface area contributed by atoms with E-state index in [1.165, 1.54) is 29.4 Å². The van der Waals surface area contributed by atoms with Crippen molar-refractivity contribution < 1.29 is 9.66 Å². The molecule has 0 atom stereocenters. The molecule has 0 unspecified atom stereocenters. The quantitative estimate of drug-likeness (QED) is 0.567. The average Bonchev–Trinajstić information content (AvgIpc) is 2.86. The second-order valence-electron chi connectivity index (χ2n) is 3.69. The molecule has 0 aliphatic heterocycles. The fourth-order valence-electron chi connectivity index (χ4n) is 1.39. The lowest BCUT2D eigenvalue weighted by molar-refractivity contribution is -0.387. The number of nitrogens with zero attached hydrogens (tertiary/aromatic N) is 3. The van der Waals surface area contributed by atoms with Crippen LogP contribution >= 0.6 is 39.2 Å². The van der Waals surface area contributed by atoms with Gasteiger partial charge in [-0.3, -0.25) is 10.1 Å². The third kappa shape index (κ3) is 3.98. The van der Waals surface area contributed by atoms with E-state index in [0.717, 1.165) is 0 Å². The molecule has 0 N–H and O–H groups in total. The maximum absolute atomic E-state index is 11.0. The van der Waals surface area contributed by atoms with Crippen molar-refractivity contribution in [2.75, 3.05) is 13.7 Å². The van der Waals surface area contributed by atoms with Gasteiger partial charge in [-0.05, 0) is 23.7 Å². The number of aromatic nitrogens is 2. The van der Waals surface area contributed by atoms with Gasteiger partial charge in [-0.1, -0.05) is 27.7 Å². The van der Waals surface area contributed by atoms with Crippen LogP contribution in [0, 0.1) is 10.1 Å². The zero-order valence-electron chi connectivity index (χ0n) is 10.4. The van der Waals surface area contributed by atoms with E-state index in [9.17, 15) is 10.1 Å². The van der Waals surface area contributed by atoms with Crippen LogP contribution in [0.5, 0.6) is 0 Å². The van der Waals surface area contributed by atoms with Crippen LogP contribution < -0.4 is 0 Å². The van der Waals surface area contributed by atoms with Crippen LogP contribution in [0.2, 0.25) is 0 Å². The van der Waals surface area contributed by atoms with Crippen molar-refractivity contribution in [3.8, 4) is 0 Å². The SMILES string of the molecule is COCCc1nsc(Sc2ccc(Br)cc2[N+](=O)[O-])n1. The van der Waals surface area contributed by atoms with Crippen molar-refractivity contribution in [3.05, 3.63) is 38.6 Å². The topological polar surface area (TPSA) is 78.2 Å². The highest BCUT2D eigenvalue weighted by molar-refractivity contribution is 9.10. The van der Waals surface area contributed by atoms with E-state index in [0.29, 0.717) is 32.6 Å². The number of rotatable bonds is 6. The van der Waals surface area contributed by atoms with Crippen LogP contribution in [0.4, 0.5) is 5.69 Å². The molecule has 20 heavy (non-hydrogen) atoms. The fraction of sp³-hybridized carbons (Fsp3) is 0.273. The number of nitro groups is 1. The summed E-state index contributed by atoms with van der Waals surface area (Å²) in [6, 6.07) is 4.94. The van der Waals surface area contributed by atoms with Gasteiger partial charge in [0.1, 0.15) is 5.82 Å². The molecule has 106 valence electrons. The molecule has 2 aromatic rings. The molecule has 0 amide bonds. The van der Waals surface area contributed by atoms with Crippen molar-refractivity contribution in [2.24, 2.45) is 0 Å². The van der Waals surface area contributed by atoms with E-state index in [1.54, 1.807) is 19.2 Å². The predicted molar refractivity (Wildman–Crippen MR) is 80.4 cm³/mol. The number of ether oxygens (including phenoxy) is 1. The molecule has 0 aliphatic carbocycles. The molecule has 0 bridgehead atoms. The molecule has 1 heterocycles. The number of hydrogen-bond acceptors (Lipinski definition) is 7. The molecular formula is C11H10BrN3O3S2. The Morgan fingerprint density at radius 2 is 2.35 bits per heavy atom. The lowest BCUT2D eigenvalue weighted by Gasteiger charge is -2.00. The van der Waals surface area contributed by atoms with Gasteiger partial charge in [0, 0.05) is 24.1 Å². The van der Waals surface area contributed by atoms with Gasteiger partial charge in [-0.25, -0.2) is 4.98 Å². The summed E-state index contributed by atoms with van der Waals surface area (Å²) in [5, 5.41) is 11.0. The van der Waals surface area contributed by atoms with E-state index < -0.39 is 4.92 Å². The second kappa shape index (κ2) is 7.11. The number of hydrogen-bond donors (Lipinski definition) is 0. The number of benzene rings is 1. The van der Waals surface area contributed by atoms with Crippen molar-refractivity contribution in [1.29, 1.82) is 0 Å². The molecular weight excluding hydrogens is 366 g/mol. The van der Waals surface area contributed by atoms with Gasteiger partial charge in [0.25, 0.3) is 5.69 Å². The summed E-state index contributed by atoms with van der Waals surface area (Å²) in [6.07, 6.45) is 0.635. The summed E-state index contributed by atoms with van der Waals surface area (Å²) in [6.45, 7) is 0.555. The molecule has 1 aromatic heterocycles. The van der Waals surface area contributed by atoms with Gasteiger partial charge in [-0.15, -0.1) is 0 Å². The molecule has 0 aliphatic rings. The Kier molecular flexibility index (Phi) is 5.46. The minimum atomic E-state index is -0.403. The normalized spacial score (nSPS) is 10.7. The zero-order chi connectivity index (χ0) is 14.5. The Bertz CT molecular complexity index is 621. The Morgan fingerprint density at radius 1 is 1.55 bits per heavy atom. The van der Waals surface area contributed by atoms with Gasteiger partial charge < -0.3 is 4.74 Å². The third-order valence-corrected chi connectivity index (χ3v) is 4.64. The van der Waals surface area contributed by atoms with Gasteiger partial charge in [0.2, 0.25) is 0 Å². The molecule has 0 saturated heterocycles. The van der Waals surface area contributed by atoms with Gasteiger partial charge in [-0.2, -0.15) is 4.37 Å². The molecule has 2 rings (SSSR count). The first-order valence-electron chi connectivity index (χ1n) is 5.53. The molecule has 0 saturated carbocycles. The molecule has 0 spiro atoms. The Hall–Kier alpha value is -1.03. The van der Waals surface area contributed by atoms with Gasteiger partial charge in [0.15, 0.2) is 4.34 Å². The Morgan fingerprint density at radius 3 is 3.05 bits per heavy atom. The zero-order valence-corrected chi connectivity index (χ0v) is 13.6. The minimum absolute atomic E-state index is 0.0537. The first-order valence-corrected chi connectivity index (χ1v) is 7.91. The molecule has 0 fully saturated rings. The highest BCUT2D eigenvalue weighted by Crippen LogP contribution is 2.36. The van der Waals surface area contributed by atoms with Gasteiger partial charge >= 0.3 is 0 Å². The monoisotopic (exact) mass is 375 g/mol. The minimum Gasteiger partial charge on any atom is -0.384 e. The van der Waals surface area contributed by atoms with Crippen LogP contribution in [0.15, 0.2) is 31.9 Å². The number of methoxy groups -OCH3 is 1. The second-order valence-corrected chi connectivity index (χ2v) is 6.65. The van der Waals surface area contributed by atoms with Crippen molar-refractivity contribution >= 4 is 44.9 Å². The summed E-state index contributed by atoms with van der Waals surface area (Å²) in [7, 11) is 1.62. The molecule has 0 radical (unpaired) electrons. The van der Waals surface area contributed by atoms with Crippen molar-refractivity contribution in [2.45, 2.75) is 15.7 Å². The average molecular weight is 376 g/mol. The maximum Gasteiger partial charge on any atom is 0.284 e. The smallest absolute Gasteiger partial charge is 0.284 e. The maximum atomic E-state index is 11.0. The van der Waals surface area contributed by atoms with E-state index in [1.807, 2.05) is 0 Å². The van der Waals surface area contributed by atoms with E-state index in [-0.39, 0.29) is 5.69 Å². The third-order valence-electron chi connectivity index (χ3n) is 2.29. The predicted octanol–water partition coefficient (Wildman–Crippen LogP) is 3.55. The van der Waals surface area contributed by atoms with Crippen LogP contribution in [-0.4, -0.2) is 28.0 Å². The van der Waals surface area contributed by atoms with Crippen LogP contribution in [0.25, 0.3) is 0 Å². The highest BCUT2D eigenvalue weighted by atomic mass is 79.9. The lowest BCUT2D eigenvalue weighted by atomic mass is 10.3. The van der Waals surface area contributed by atoms with E-state index >= 15 is 0 Å². The van der Waals surface area contributed by atoms with Crippen molar-refractivity contribution in [3.63, 3.8) is 0 Å². The summed E-state index contributed by atoms with van der Waals surface area (Å²) in [5.41, 5.74) is 0.0537. The lowest BCUT2D eigenvalue weighted by Crippen LogP contribution is -1.96. The molecule has 6 nitrogen and oxygen atoms in total. The number of nitro benzene ring substituents is 1. The summed E-state index contributed by atoms with van der Waals surface area (Å²) >= 11 is 5.71. The van der Waals surface area contributed by atoms with Crippen molar-refractivity contribution in [1.82, 2.24) is 9.36 Å². The first-order chi connectivity index (χ1) is 9.60. The molecule has 1 aromatic carbocycles. The van der Waals surface area contributed by atoms with Crippen LogP contribution in [0.1, 0.15) is 5.82 Å². The first kappa shape index (κ1) is 15.4. The summed E-state index contributed by atoms with van der Waals surface area (Å²) < 4.78 is 10.5. The fourth-order valence-corrected chi connectivity index (χ4v) is 3.44. The van der Waals surface area contributed by atoms with Crippen LogP contribution in [-0.2, 0) is 11.2 Å². The largest absolute Gasteiger partial charge is 0.384 e. The molecule has 9 heteroatoms. The summed E-state index contributed by atoms with van der Waals surface area (Å²) in [4.78, 5) is 15.5. The van der Waals surface area contributed by atoms with E-state index in [2.05, 4.69) is 25.3 Å². The van der Waals surface area contributed by atoms with Gasteiger partial charge in [0.05, 0.1) is 16.4 Å². The summed E-state index contributed by atoms with van der Waals surface area (Å²) in [5.74, 6) is 0.694.